The van der Waals surface area contributed by atoms with E-state index < -0.39 is 6.10 Å². The lowest BCUT2D eigenvalue weighted by Gasteiger charge is -2.21. The van der Waals surface area contributed by atoms with Gasteiger partial charge in [-0.3, -0.25) is 9.69 Å². The molecule has 1 amide bonds. The standard InChI is InChI=1S/C13H22N2O3S/c1-14(2)13(17)8-15(3)7-11(16)9-18-10-12-5-4-6-19-12/h4-6,11,16H,7-10H2,1-3H3. The van der Waals surface area contributed by atoms with Gasteiger partial charge in [-0.15, -0.1) is 11.3 Å². The number of hydrogen-bond donors (Lipinski definition) is 1. The fourth-order valence-corrected chi connectivity index (χ4v) is 2.18. The van der Waals surface area contributed by atoms with Crippen molar-refractivity contribution in [3.8, 4) is 0 Å². The summed E-state index contributed by atoms with van der Waals surface area (Å²) < 4.78 is 5.43. The van der Waals surface area contributed by atoms with Gasteiger partial charge in [0.1, 0.15) is 0 Å². The van der Waals surface area contributed by atoms with Gasteiger partial charge < -0.3 is 14.7 Å². The maximum Gasteiger partial charge on any atom is 0.236 e. The first-order valence-electron chi connectivity index (χ1n) is 6.16. The highest BCUT2D eigenvalue weighted by molar-refractivity contribution is 7.09. The quantitative estimate of drug-likeness (QED) is 0.762. The number of nitrogens with zero attached hydrogens (tertiary/aromatic N) is 2. The van der Waals surface area contributed by atoms with E-state index in [4.69, 9.17) is 4.74 Å². The summed E-state index contributed by atoms with van der Waals surface area (Å²) in [6, 6.07) is 3.97. The Hall–Kier alpha value is -0.950. The lowest BCUT2D eigenvalue weighted by molar-refractivity contribution is -0.129. The van der Waals surface area contributed by atoms with Crippen molar-refractivity contribution in [3.63, 3.8) is 0 Å². The largest absolute Gasteiger partial charge is 0.389 e. The molecular formula is C13H22N2O3S. The van der Waals surface area contributed by atoms with E-state index >= 15 is 0 Å². The van der Waals surface area contributed by atoms with Crippen LogP contribution in [0.2, 0.25) is 0 Å². The van der Waals surface area contributed by atoms with Crippen molar-refractivity contribution in [2.75, 3.05) is 40.8 Å². The minimum absolute atomic E-state index is 0.0224. The fraction of sp³-hybridized carbons (Fsp3) is 0.615. The SMILES string of the molecule is CN(CC(=O)N(C)C)CC(O)COCc1cccs1. The first-order valence-corrected chi connectivity index (χ1v) is 7.04. The van der Waals surface area contributed by atoms with Gasteiger partial charge in [-0.25, -0.2) is 0 Å². The van der Waals surface area contributed by atoms with Gasteiger partial charge in [-0.2, -0.15) is 0 Å². The van der Waals surface area contributed by atoms with Gasteiger partial charge in [0.05, 0.1) is 25.9 Å². The van der Waals surface area contributed by atoms with Crippen LogP contribution in [0, 0.1) is 0 Å². The maximum absolute atomic E-state index is 11.5. The zero-order valence-corrected chi connectivity index (χ0v) is 12.5. The van der Waals surface area contributed by atoms with E-state index in [2.05, 4.69) is 0 Å². The molecule has 0 saturated heterocycles. The number of carbonyl (C=O) groups is 1. The van der Waals surface area contributed by atoms with E-state index in [-0.39, 0.29) is 12.5 Å². The second-order valence-corrected chi connectivity index (χ2v) is 5.77. The molecule has 1 atom stereocenters. The number of rotatable bonds is 8. The zero-order chi connectivity index (χ0) is 14.3. The lowest BCUT2D eigenvalue weighted by atomic mass is 10.3. The summed E-state index contributed by atoms with van der Waals surface area (Å²) in [6.07, 6.45) is -0.583. The average molecular weight is 286 g/mol. The molecule has 1 heterocycles. The molecule has 1 unspecified atom stereocenters. The highest BCUT2D eigenvalue weighted by Gasteiger charge is 2.12. The molecule has 5 nitrogen and oxygen atoms in total. The van der Waals surface area contributed by atoms with Gasteiger partial charge in [-0.05, 0) is 18.5 Å². The molecule has 0 aliphatic rings. The lowest BCUT2D eigenvalue weighted by Crippen LogP contribution is -2.39. The molecule has 0 saturated carbocycles. The first kappa shape index (κ1) is 16.1. The Morgan fingerprint density at radius 3 is 2.79 bits per heavy atom. The molecule has 0 aliphatic carbocycles. The molecule has 6 heteroatoms. The number of amides is 1. The summed E-state index contributed by atoms with van der Waals surface area (Å²) >= 11 is 1.63. The molecule has 1 aromatic heterocycles. The Morgan fingerprint density at radius 2 is 2.21 bits per heavy atom. The second-order valence-electron chi connectivity index (χ2n) is 4.73. The van der Waals surface area contributed by atoms with Crippen LogP contribution in [0.5, 0.6) is 0 Å². The summed E-state index contributed by atoms with van der Waals surface area (Å²) in [7, 11) is 5.25. The third-order valence-corrected chi connectivity index (χ3v) is 3.41. The fourth-order valence-electron chi connectivity index (χ4n) is 1.54. The van der Waals surface area contributed by atoms with Crippen LogP contribution >= 0.6 is 11.3 Å². The van der Waals surface area contributed by atoms with Crippen LogP contribution in [-0.2, 0) is 16.1 Å². The van der Waals surface area contributed by atoms with Crippen LogP contribution in [0.1, 0.15) is 4.88 Å². The van der Waals surface area contributed by atoms with Gasteiger partial charge >= 0.3 is 0 Å². The molecule has 0 aromatic carbocycles. The highest BCUT2D eigenvalue weighted by Crippen LogP contribution is 2.09. The third kappa shape index (κ3) is 6.68. The van der Waals surface area contributed by atoms with E-state index in [0.29, 0.717) is 19.7 Å². The van der Waals surface area contributed by atoms with E-state index in [1.54, 1.807) is 30.3 Å². The minimum Gasteiger partial charge on any atom is -0.389 e. The summed E-state index contributed by atoms with van der Waals surface area (Å²) in [5.41, 5.74) is 0. The van der Waals surface area contributed by atoms with Crippen molar-refractivity contribution >= 4 is 17.2 Å². The van der Waals surface area contributed by atoms with E-state index in [1.807, 2.05) is 24.6 Å². The molecule has 0 spiro atoms. The average Bonchev–Trinajstić information content (AvgIpc) is 2.81. The van der Waals surface area contributed by atoms with E-state index in [9.17, 15) is 9.90 Å². The van der Waals surface area contributed by atoms with E-state index in [0.717, 1.165) is 4.88 Å². The van der Waals surface area contributed by atoms with Crippen LogP contribution in [-0.4, -0.2) is 67.8 Å². The van der Waals surface area contributed by atoms with Crippen molar-refractivity contribution in [1.82, 2.24) is 9.80 Å². The van der Waals surface area contributed by atoms with Crippen molar-refractivity contribution in [1.29, 1.82) is 0 Å². The zero-order valence-electron chi connectivity index (χ0n) is 11.7. The monoisotopic (exact) mass is 286 g/mol. The molecule has 0 aliphatic heterocycles. The number of ether oxygens (including phenoxy) is 1. The predicted molar refractivity (Wildman–Crippen MR) is 76.2 cm³/mol. The molecule has 108 valence electrons. The molecule has 1 rings (SSSR count). The van der Waals surface area contributed by atoms with Crippen LogP contribution in [0.4, 0.5) is 0 Å². The van der Waals surface area contributed by atoms with Crippen molar-refractivity contribution in [2.45, 2.75) is 12.7 Å². The number of hydrogen-bond acceptors (Lipinski definition) is 5. The topological polar surface area (TPSA) is 53.0 Å². The van der Waals surface area contributed by atoms with Gasteiger partial charge in [0.15, 0.2) is 0 Å². The molecular weight excluding hydrogens is 264 g/mol. The Bertz CT molecular complexity index is 368. The van der Waals surface area contributed by atoms with Crippen molar-refractivity contribution in [3.05, 3.63) is 22.4 Å². The van der Waals surface area contributed by atoms with Gasteiger partial charge in [0.25, 0.3) is 0 Å². The van der Waals surface area contributed by atoms with E-state index in [1.165, 1.54) is 4.90 Å². The summed E-state index contributed by atoms with van der Waals surface area (Å²) in [5.74, 6) is 0.0224. The van der Waals surface area contributed by atoms with Crippen molar-refractivity contribution in [2.24, 2.45) is 0 Å². The summed E-state index contributed by atoms with van der Waals surface area (Å²) in [6.45, 7) is 1.52. The number of aliphatic hydroxyl groups excluding tert-OH is 1. The smallest absolute Gasteiger partial charge is 0.236 e. The van der Waals surface area contributed by atoms with Crippen LogP contribution < -0.4 is 0 Å². The predicted octanol–water partition coefficient (Wildman–Crippen LogP) is 0.646. The molecule has 1 aromatic rings. The molecule has 1 N–H and O–H groups in total. The number of carbonyl (C=O) groups excluding carboxylic acids is 1. The Labute approximate surface area is 118 Å². The number of aliphatic hydroxyl groups is 1. The Morgan fingerprint density at radius 1 is 1.47 bits per heavy atom. The number of thiophene rings is 1. The molecule has 0 bridgehead atoms. The number of likely N-dealkylation sites (N-methyl/N-ethyl adjacent to an activating group) is 2. The van der Waals surface area contributed by atoms with Crippen LogP contribution in [0.3, 0.4) is 0 Å². The third-order valence-electron chi connectivity index (χ3n) is 2.56. The molecule has 0 fully saturated rings. The molecule has 19 heavy (non-hydrogen) atoms. The minimum atomic E-state index is -0.583. The second kappa shape index (κ2) is 8.27. The van der Waals surface area contributed by atoms with Gasteiger partial charge in [0, 0.05) is 25.5 Å². The highest BCUT2D eigenvalue weighted by atomic mass is 32.1. The summed E-state index contributed by atoms with van der Waals surface area (Å²) in [4.78, 5) is 15.9. The van der Waals surface area contributed by atoms with Crippen LogP contribution in [0.15, 0.2) is 17.5 Å². The Balaban J connectivity index is 2.16. The molecule has 0 radical (unpaired) electrons. The maximum atomic E-state index is 11.5. The summed E-state index contributed by atoms with van der Waals surface area (Å²) in [5, 5.41) is 11.8. The van der Waals surface area contributed by atoms with Crippen molar-refractivity contribution < 1.29 is 14.6 Å². The Kier molecular flexibility index (Phi) is 7.01. The van der Waals surface area contributed by atoms with Crippen LogP contribution in [0.25, 0.3) is 0 Å². The van der Waals surface area contributed by atoms with Gasteiger partial charge in [0.2, 0.25) is 5.91 Å². The van der Waals surface area contributed by atoms with Gasteiger partial charge in [-0.1, -0.05) is 6.07 Å². The first-order chi connectivity index (χ1) is 8.99. The normalized spacial score (nSPS) is 12.7.